The lowest BCUT2D eigenvalue weighted by atomic mass is 10.1. The van der Waals surface area contributed by atoms with Gasteiger partial charge in [-0.1, -0.05) is 139 Å². The minimum Gasteiger partial charge on any atom is -0.462 e. The number of aliphatic hydroxyl groups is 1. The molecule has 0 fully saturated rings. The summed E-state index contributed by atoms with van der Waals surface area (Å²) in [6.07, 6.45) is 42.2. The number of aliphatic hydroxyl groups excluding tert-OH is 1. The number of rotatable bonds is 41. The quantitative estimate of drug-likeness (QED) is 0.0196. The monoisotopic (exact) mass is 876 g/mol. The minimum atomic E-state index is -4.87. The molecule has 0 rings (SSSR count). The Morgan fingerprint density at radius 1 is 0.492 bits per heavy atom. The van der Waals surface area contributed by atoms with Crippen LogP contribution in [0.15, 0.2) is 60.8 Å². The molecule has 0 saturated heterocycles. The molecule has 0 aliphatic heterocycles. The molecule has 3 atom stereocenters. The van der Waals surface area contributed by atoms with Crippen LogP contribution in [0.1, 0.15) is 168 Å². The number of carbonyl (C=O) groups is 2. The highest BCUT2D eigenvalue weighted by molar-refractivity contribution is 7.47. The molecular formula is C44H78O13P2. The summed E-state index contributed by atoms with van der Waals surface area (Å²) in [6.45, 7) is 1.65. The molecule has 0 aliphatic rings. The van der Waals surface area contributed by atoms with E-state index in [2.05, 4.69) is 71.5 Å². The van der Waals surface area contributed by atoms with Crippen LogP contribution in [-0.4, -0.2) is 70.4 Å². The van der Waals surface area contributed by atoms with Gasteiger partial charge in [0, 0.05) is 12.8 Å². The van der Waals surface area contributed by atoms with Gasteiger partial charge in [-0.3, -0.25) is 23.2 Å². The summed E-state index contributed by atoms with van der Waals surface area (Å²) in [7, 11) is -9.69. The van der Waals surface area contributed by atoms with Gasteiger partial charge in [-0.15, -0.1) is 0 Å². The van der Waals surface area contributed by atoms with Crippen LogP contribution in [0.25, 0.3) is 0 Å². The lowest BCUT2D eigenvalue weighted by Gasteiger charge is -2.20. The Kier molecular flexibility index (Phi) is 38.5. The Bertz CT molecular complexity index is 1280. The fourth-order valence-corrected chi connectivity index (χ4v) is 6.67. The molecule has 0 radical (unpaired) electrons. The first-order valence-corrected chi connectivity index (χ1v) is 25.0. The third-order valence-corrected chi connectivity index (χ3v) is 10.3. The Hall–Kier alpha value is -2.18. The van der Waals surface area contributed by atoms with Crippen LogP contribution < -0.4 is 0 Å². The molecule has 0 bridgehead atoms. The van der Waals surface area contributed by atoms with Gasteiger partial charge in [0.1, 0.15) is 12.7 Å². The number of carbonyl (C=O) groups excluding carboxylic acids is 2. The van der Waals surface area contributed by atoms with Crippen molar-refractivity contribution in [1.82, 2.24) is 0 Å². The van der Waals surface area contributed by atoms with E-state index >= 15 is 0 Å². The SMILES string of the molecule is CCCCCC=CCC=CCCCCCCCC(=O)OCC(COP(=O)(O)OCC(O)COP(=O)(O)O)OC(=O)CCCC=CCC=CCC=CCCCCCCCC. The number of unbranched alkanes of at least 4 members (excludes halogenated alkanes) is 15. The van der Waals surface area contributed by atoms with Gasteiger partial charge < -0.3 is 29.3 Å². The molecule has 59 heavy (non-hydrogen) atoms. The van der Waals surface area contributed by atoms with Gasteiger partial charge >= 0.3 is 27.6 Å². The number of phosphoric acid groups is 2. The van der Waals surface area contributed by atoms with Gasteiger partial charge in [-0.25, -0.2) is 9.13 Å². The van der Waals surface area contributed by atoms with Gasteiger partial charge in [-0.05, 0) is 77.0 Å². The van der Waals surface area contributed by atoms with Crippen molar-refractivity contribution in [3.05, 3.63) is 60.8 Å². The van der Waals surface area contributed by atoms with Crippen molar-refractivity contribution in [3.63, 3.8) is 0 Å². The van der Waals surface area contributed by atoms with E-state index in [9.17, 15) is 28.7 Å². The molecule has 0 amide bonds. The second kappa shape index (κ2) is 39.9. The van der Waals surface area contributed by atoms with E-state index in [0.717, 1.165) is 64.2 Å². The number of phosphoric ester groups is 2. The first-order valence-electron chi connectivity index (χ1n) is 22.0. The van der Waals surface area contributed by atoms with Crippen molar-refractivity contribution < 1.29 is 61.6 Å². The maximum atomic E-state index is 12.6. The summed E-state index contributed by atoms with van der Waals surface area (Å²) in [6, 6.07) is 0. The van der Waals surface area contributed by atoms with E-state index in [0.29, 0.717) is 19.3 Å². The number of ether oxygens (including phenoxy) is 2. The molecule has 0 aliphatic carbocycles. The van der Waals surface area contributed by atoms with Crippen molar-refractivity contribution in [3.8, 4) is 0 Å². The van der Waals surface area contributed by atoms with E-state index < -0.39 is 66.2 Å². The predicted molar refractivity (Wildman–Crippen MR) is 234 cm³/mol. The second-order valence-corrected chi connectivity index (χ2v) is 17.3. The summed E-state index contributed by atoms with van der Waals surface area (Å²) >= 11 is 0. The first kappa shape index (κ1) is 56.8. The van der Waals surface area contributed by atoms with E-state index in [-0.39, 0.29) is 12.8 Å². The normalized spacial score (nSPS) is 14.6. The van der Waals surface area contributed by atoms with Crippen LogP contribution in [0.2, 0.25) is 0 Å². The molecular weight excluding hydrogens is 798 g/mol. The molecule has 0 heterocycles. The lowest BCUT2D eigenvalue weighted by Crippen LogP contribution is -2.29. The molecule has 0 aromatic rings. The van der Waals surface area contributed by atoms with Crippen molar-refractivity contribution in [2.24, 2.45) is 0 Å². The Balaban J connectivity index is 4.63. The Morgan fingerprint density at radius 2 is 0.898 bits per heavy atom. The molecule has 0 aromatic carbocycles. The molecule has 13 nitrogen and oxygen atoms in total. The van der Waals surface area contributed by atoms with E-state index in [1.165, 1.54) is 57.8 Å². The first-order chi connectivity index (χ1) is 28.4. The van der Waals surface area contributed by atoms with Crippen LogP contribution in [0.5, 0.6) is 0 Å². The highest BCUT2D eigenvalue weighted by atomic mass is 31.2. The lowest BCUT2D eigenvalue weighted by molar-refractivity contribution is -0.161. The van der Waals surface area contributed by atoms with Crippen LogP contribution in [0.4, 0.5) is 0 Å². The maximum Gasteiger partial charge on any atom is 0.472 e. The predicted octanol–water partition coefficient (Wildman–Crippen LogP) is 11.2. The van der Waals surface area contributed by atoms with Crippen LogP contribution in [0, 0.1) is 0 Å². The molecule has 4 N–H and O–H groups in total. The molecule has 342 valence electrons. The van der Waals surface area contributed by atoms with E-state index in [4.69, 9.17) is 23.8 Å². The van der Waals surface area contributed by atoms with Gasteiger partial charge in [0.25, 0.3) is 0 Å². The molecule has 0 saturated carbocycles. The largest absolute Gasteiger partial charge is 0.472 e. The fourth-order valence-electron chi connectivity index (χ4n) is 5.51. The van der Waals surface area contributed by atoms with Gasteiger partial charge in [-0.2, -0.15) is 0 Å². The molecule has 0 aromatic heterocycles. The van der Waals surface area contributed by atoms with E-state index in [1.54, 1.807) is 0 Å². The number of hydrogen-bond acceptors (Lipinski definition) is 10. The van der Waals surface area contributed by atoms with Crippen molar-refractivity contribution in [2.45, 2.75) is 180 Å². The van der Waals surface area contributed by atoms with Crippen LogP contribution >= 0.6 is 15.6 Å². The summed E-state index contributed by atoms with van der Waals surface area (Å²) in [5.41, 5.74) is 0. The smallest absolute Gasteiger partial charge is 0.462 e. The zero-order chi connectivity index (χ0) is 43.7. The molecule has 15 heteroatoms. The van der Waals surface area contributed by atoms with Gasteiger partial charge in [0.15, 0.2) is 6.10 Å². The number of esters is 2. The Labute approximate surface area is 355 Å². The summed E-state index contributed by atoms with van der Waals surface area (Å²) in [4.78, 5) is 52.6. The summed E-state index contributed by atoms with van der Waals surface area (Å²) in [5.74, 6) is -1.11. The minimum absolute atomic E-state index is 0.0546. The zero-order valence-electron chi connectivity index (χ0n) is 36.1. The fraction of sp³-hybridized carbons (Fsp3) is 0.727. The van der Waals surface area contributed by atoms with Crippen molar-refractivity contribution in [1.29, 1.82) is 0 Å². The third-order valence-electron chi connectivity index (χ3n) is 8.87. The van der Waals surface area contributed by atoms with Gasteiger partial charge in [0.05, 0.1) is 19.8 Å². The van der Waals surface area contributed by atoms with E-state index in [1.807, 2.05) is 12.2 Å². The summed E-state index contributed by atoms with van der Waals surface area (Å²) in [5, 5.41) is 9.74. The average molecular weight is 877 g/mol. The van der Waals surface area contributed by atoms with Crippen LogP contribution in [-0.2, 0) is 41.8 Å². The second-order valence-electron chi connectivity index (χ2n) is 14.6. The average Bonchev–Trinajstić information content (AvgIpc) is 3.19. The standard InChI is InChI=1S/C44H78O13P2/c1-3-5-7-9-11-13-15-17-19-20-22-24-26-28-30-32-34-36-44(47)57-42(40-56-59(51,52)55-38-41(45)37-54-58(48,49)50)39-53-43(46)35-33-31-29-27-25-23-21-18-16-14-12-10-8-6-4-2/h12,14,17-19,21-22,24,28,30,41-42,45H,3-11,13,15-16,20,23,25-27,29,31-40H2,1-2H3,(H,51,52)(H2,48,49,50). The number of allylic oxidation sites excluding steroid dienone is 10. The van der Waals surface area contributed by atoms with Crippen LogP contribution in [0.3, 0.4) is 0 Å². The third kappa shape index (κ3) is 43.7. The van der Waals surface area contributed by atoms with Crippen molar-refractivity contribution in [2.75, 3.05) is 26.4 Å². The van der Waals surface area contributed by atoms with Crippen molar-refractivity contribution >= 4 is 27.6 Å². The maximum absolute atomic E-state index is 12.6. The summed E-state index contributed by atoms with van der Waals surface area (Å²) < 4.78 is 47.7. The van der Waals surface area contributed by atoms with Gasteiger partial charge in [0.2, 0.25) is 0 Å². The number of hydrogen-bond donors (Lipinski definition) is 4. The molecule has 3 unspecified atom stereocenters. The highest BCUT2D eigenvalue weighted by Crippen LogP contribution is 2.43. The Morgan fingerprint density at radius 3 is 1.44 bits per heavy atom. The molecule has 0 spiro atoms. The topological polar surface area (TPSA) is 195 Å². The highest BCUT2D eigenvalue weighted by Gasteiger charge is 2.28. The zero-order valence-corrected chi connectivity index (χ0v) is 37.9.